The molecule has 126 valence electrons. The Kier molecular flexibility index (Phi) is 4.85. The third kappa shape index (κ3) is 3.50. The second-order valence-electron chi connectivity index (χ2n) is 7.08. The molecule has 5 heteroatoms. The Morgan fingerprint density at radius 1 is 1.26 bits per heavy atom. The quantitative estimate of drug-likeness (QED) is 0.876. The third-order valence-corrected chi connectivity index (χ3v) is 5.04. The van der Waals surface area contributed by atoms with Gasteiger partial charge in [-0.25, -0.2) is 0 Å². The van der Waals surface area contributed by atoms with Crippen LogP contribution in [0.5, 0.6) is 0 Å². The van der Waals surface area contributed by atoms with Crippen molar-refractivity contribution in [3.8, 4) is 0 Å². The number of hydrogen-bond acceptors (Lipinski definition) is 3. The minimum Gasteiger partial charge on any atom is -0.354 e. The standard InChI is InChI=1S/C18H27N3O2/c1-12(11-21-8-3-4-9-21)10-19-18(23)17-13(2)16-14(20-17)6-5-7-15(16)22/h12,20H,3-11H2,1-2H3,(H,19,23)/t12-/m1/s1. The molecule has 0 bridgehead atoms. The van der Waals surface area contributed by atoms with Crippen LogP contribution in [0.1, 0.15) is 64.7 Å². The SMILES string of the molecule is Cc1c(C(=O)NC[C@@H](C)CN2CCCC2)[nH]c2c1C(=O)CCC2. The first-order chi connectivity index (χ1) is 11.1. The maximum atomic E-state index is 12.5. The number of H-pyrrole nitrogens is 1. The molecule has 1 aliphatic heterocycles. The van der Waals surface area contributed by atoms with E-state index in [9.17, 15) is 9.59 Å². The van der Waals surface area contributed by atoms with Crippen molar-refractivity contribution >= 4 is 11.7 Å². The lowest BCUT2D eigenvalue weighted by atomic mass is 9.94. The lowest BCUT2D eigenvalue weighted by Crippen LogP contribution is -2.34. The van der Waals surface area contributed by atoms with Gasteiger partial charge in [-0.1, -0.05) is 6.92 Å². The molecule has 0 aromatic carbocycles. The van der Waals surface area contributed by atoms with E-state index in [1.165, 1.54) is 25.9 Å². The number of ketones is 1. The smallest absolute Gasteiger partial charge is 0.268 e. The molecule has 1 aromatic rings. The molecule has 1 aliphatic carbocycles. The average Bonchev–Trinajstić information content (AvgIpc) is 3.14. The molecule has 3 rings (SSSR count). The number of fused-ring (bicyclic) bond motifs is 1. The molecular weight excluding hydrogens is 290 g/mol. The number of aromatic nitrogens is 1. The number of hydrogen-bond donors (Lipinski definition) is 2. The molecule has 1 saturated heterocycles. The van der Waals surface area contributed by atoms with E-state index < -0.39 is 0 Å². The molecule has 0 unspecified atom stereocenters. The number of nitrogens with zero attached hydrogens (tertiary/aromatic N) is 1. The molecule has 2 heterocycles. The Balaban J connectivity index is 1.59. The summed E-state index contributed by atoms with van der Waals surface area (Å²) < 4.78 is 0. The Bertz CT molecular complexity index is 600. The topological polar surface area (TPSA) is 65.2 Å². The average molecular weight is 317 g/mol. The highest BCUT2D eigenvalue weighted by atomic mass is 16.2. The highest BCUT2D eigenvalue weighted by Crippen LogP contribution is 2.26. The van der Waals surface area contributed by atoms with Crippen molar-refractivity contribution in [3.63, 3.8) is 0 Å². The van der Waals surface area contributed by atoms with Gasteiger partial charge in [-0.3, -0.25) is 9.59 Å². The lowest BCUT2D eigenvalue weighted by molar-refractivity contribution is 0.0939. The summed E-state index contributed by atoms with van der Waals surface area (Å²) in [6, 6.07) is 0. The second kappa shape index (κ2) is 6.87. The van der Waals surface area contributed by atoms with Gasteiger partial charge in [-0.15, -0.1) is 0 Å². The van der Waals surface area contributed by atoms with Gasteiger partial charge < -0.3 is 15.2 Å². The van der Waals surface area contributed by atoms with Crippen molar-refractivity contribution < 1.29 is 9.59 Å². The Morgan fingerprint density at radius 3 is 2.70 bits per heavy atom. The number of amides is 1. The van der Waals surface area contributed by atoms with E-state index in [2.05, 4.69) is 22.1 Å². The number of carbonyl (C=O) groups is 2. The maximum absolute atomic E-state index is 12.5. The summed E-state index contributed by atoms with van der Waals surface area (Å²) in [6.45, 7) is 8.13. The molecule has 0 spiro atoms. The Hall–Kier alpha value is -1.62. The van der Waals surface area contributed by atoms with Gasteiger partial charge in [-0.2, -0.15) is 0 Å². The molecule has 1 amide bonds. The molecule has 2 N–H and O–H groups in total. The Labute approximate surface area is 137 Å². The molecule has 23 heavy (non-hydrogen) atoms. The summed E-state index contributed by atoms with van der Waals surface area (Å²) in [5.41, 5.74) is 3.08. The van der Waals surface area contributed by atoms with E-state index in [1.807, 2.05) is 6.92 Å². The van der Waals surface area contributed by atoms with Gasteiger partial charge in [0.05, 0.1) is 0 Å². The minimum atomic E-state index is -0.0852. The predicted octanol–water partition coefficient (Wildman–Crippen LogP) is 2.30. The van der Waals surface area contributed by atoms with Crippen LogP contribution in [0.3, 0.4) is 0 Å². The number of Topliss-reactive ketones (excluding diaryl/α,β-unsaturated/α-hetero) is 1. The van der Waals surface area contributed by atoms with Crippen LogP contribution < -0.4 is 5.32 Å². The summed E-state index contributed by atoms with van der Waals surface area (Å²) in [5.74, 6) is 0.517. The van der Waals surface area contributed by atoms with Crippen molar-refractivity contribution in [1.29, 1.82) is 0 Å². The van der Waals surface area contributed by atoms with Gasteiger partial charge >= 0.3 is 0 Å². The first-order valence-corrected chi connectivity index (χ1v) is 8.81. The second-order valence-corrected chi connectivity index (χ2v) is 7.08. The number of carbonyl (C=O) groups excluding carboxylic acids is 2. The van der Waals surface area contributed by atoms with Gasteiger partial charge in [0, 0.05) is 30.8 Å². The van der Waals surface area contributed by atoms with Crippen LogP contribution >= 0.6 is 0 Å². The van der Waals surface area contributed by atoms with Crippen molar-refractivity contribution in [2.24, 2.45) is 5.92 Å². The molecule has 0 saturated carbocycles. The van der Waals surface area contributed by atoms with Gasteiger partial charge in [0.2, 0.25) is 0 Å². The minimum absolute atomic E-state index is 0.0852. The fourth-order valence-corrected chi connectivity index (χ4v) is 3.83. The molecule has 0 radical (unpaired) electrons. The first-order valence-electron chi connectivity index (χ1n) is 8.81. The van der Waals surface area contributed by atoms with Crippen LogP contribution in [-0.2, 0) is 6.42 Å². The number of aromatic amines is 1. The van der Waals surface area contributed by atoms with Gasteiger partial charge in [0.25, 0.3) is 5.91 Å². The zero-order chi connectivity index (χ0) is 16.4. The zero-order valence-corrected chi connectivity index (χ0v) is 14.2. The summed E-state index contributed by atoms with van der Waals surface area (Å²) in [4.78, 5) is 30.2. The monoisotopic (exact) mass is 317 g/mol. The van der Waals surface area contributed by atoms with Crippen molar-refractivity contribution in [2.75, 3.05) is 26.2 Å². The highest BCUT2D eigenvalue weighted by Gasteiger charge is 2.26. The fraction of sp³-hybridized carbons (Fsp3) is 0.667. The highest BCUT2D eigenvalue weighted by molar-refractivity contribution is 6.04. The van der Waals surface area contributed by atoms with Crippen molar-refractivity contribution in [1.82, 2.24) is 15.2 Å². The molecule has 1 fully saturated rings. The van der Waals surface area contributed by atoms with Gasteiger partial charge in [-0.05, 0) is 57.2 Å². The van der Waals surface area contributed by atoms with E-state index in [0.29, 0.717) is 24.6 Å². The molecular formula is C18H27N3O2. The van der Waals surface area contributed by atoms with Crippen molar-refractivity contribution in [2.45, 2.75) is 46.0 Å². The van der Waals surface area contributed by atoms with Crippen LogP contribution in [0.4, 0.5) is 0 Å². The van der Waals surface area contributed by atoms with Crippen LogP contribution in [-0.4, -0.2) is 47.8 Å². The van der Waals surface area contributed by atoms with Gasteiger partial charge in [0.1, 0.15) is 5.69 Å². The van der Waals surface area contributed by atoms with Crippen LogP contribution in [0.15, 0.2) is 0 Å². The number of nitrogens with one attached hydrogen (secondary N) is 2. The molecule has 5 nitrogen and oxygen atoms in total. The molecule has 2 aliphatic rings. The van der Waals surface area contributed by atoms with Gasteiger partial charge in [0.15, 0.2) is 5.78 Å². The van der Waals surface area contributed by atoms with E-state index in [1.54, 1.807) is 0 Å². The summed E-state index contributed by atoms with van der Waals surface area (Å²) >= 11 is 0. The third-order valence-electron chi connectivity index (χ3n) is 5.04. The summed E-state index contributed by atoms with van der Waals surface area (Å²) in [5, 5.41) is 3.03. The number of likely N-dealkylation sites (tertiary alicyclic amines) is 1. The predicted molar refractivity (Wildman–Crippen MR) is 90.0 cm³/mol. The molecule has 1 atom stereocenters. The summed E-state index contributed by atoms with van der Waals surface area (Å²) in [7, 11) is 0. The largest absolute Gasteiger partial charge is 0.354 e. The van der Waals surface area contributed by atoms with E-state index in [0.717, 1.165) is 36.2 Å². The number of rotatable bonds is 5. The molecule has 1 aromatic heterocycles. The maximum Gasteiger partial charge on any atom is 0.268 e. The zero-order valence-electron chi connectivity index (χ0n) is 14.2. The normalized spacial score (nSPS) is 19.7. The van der Waals surface area contributed by atoms with E-state index in [4.69, 9.17) is 0 Å². The van der Waals surface area contributed by atoms with Crippen LogP contribution in [0.2, 0.25) is 0 Å². The van der Waals surface area contributed by atoms with Crippen LogP contribution in [0.25, 0.3) is 0 Å². The van der Waals surface area contributed by atoms with Crippen molar-refractivity contribution in [3.05, 3.63) is 22.5 Å². The lowest BCUT2D eigenvalue weighted by Gasteiger charge is -2.20. The van der Waals surface area contributed by atoms with Crippen LogP contribution in [0, 0.1) is 12.8 Å². The fourth-order valence-electron chi connectivity index (χ4n) is 3.83. The van der Waals surface area contributed by atoms with E-state index >= 15 is 0 Å². The summed E-state index contributed by atoms with van der Waals surface area (Å²) in [6.07, 6.45) is 4.92. The Morgan fingerprint density at radius 2 is 2.00 bits per heavy atom. The number of aryl methyl sites for hydroxylation is 1. The first kappa shape index (κ1) is 16.2. The van der Waals surface area contributed by atoms with E-state index in [-0.39, 0.29) is 11.7 Å².